The van der Waals surface area contributed by atoms with Crippen molar-refractivity contribution in [3.8, 4) is 0 Å². The Morgan fingerprint density at radius 2 is 2.10 bits per heavy atom. The van der Waals surface area contributed by atoms with Gasteiger partial charge >= 0.3 is 0 Å². The molecule has 1 aliphatic carbocycles. The van der Waals surface area contributed by atoms with Crippen LogP contribution in [0.25, 0.3) is 5.65 Å². The molecule has 0 aromatic carbocycles. The van der Waals surface area contributed by atoms with E-state index in [-0.39, 0.29) is 0 Å². The van der Waals surface area contributed by atoms with E-state index in [0.717, 1.165) is 18.0 Å². The molecule has 0 spiro atoms. The zero-order chi connectivity index (χ0) is 13.9. The van der Waals surface area contributed by atoms with Gasteiger partial charge in [0.05, 0.1) is 6.20 Å². The van der Waals surface area contributed by atoms with E-state index in [1.165, 1.54) is 25.7 Å². The third-order valence-electron chi connectivity index (χ3n) is 4.34. The van der Waals surface area contributed by atoms with Crippen LogP contribution in [0.1, 0.15) is 32.6 Å². The molecule has 20 heavy (non-hydrogen) atoms. The van der Waals surface area contributed by atoms with Gasteiger partial charge in [0.2, 0.25) is 0 Å². The van der Waals surface area contributed by atoms with Crippen LogP contribution in [0.3, 0.4) is 0 Å². The molecular weight excluding hydrogens is 250 g/mol. The monoisotopic (exact) mass is 273 g/mol. The second kappa shape index (κ2) is 5.79. The van der Waals surface area contributed by atoms with Crippen molar-refractivity contribution >= 4 is 11.5 Å². The number of fused-ring (bicyclic) bond motifs is 1. The van der Waals surface area contributed by atoms with Crippen molar-refractivity contribution in [2.45, 2.75) is 44.7 Å². The van der Waals surface area contributed by atoms with Crippen LogP contribution < -0.4 is 10.2 Å². The summed E-state index contributed by atoms with van der Waals surface area (Å²) in [4.78, 5) is 7.00. The lowest BCUT2D eigenvalue weighted by molar-refractivity contribution is 0.340. The maximum atomic E-state index is 4.68. The fourth-order valence-corrected chi connectivity index (χ4v) is 3.14. The van der Waals surface area contributed by atoms with E-state index in [1.807, 2.05) is 12.3 Å². The lowest BCUT2D eigenvalue weighted by atomic mass is 9.90. The zero-order valence-electron chi connectivity index (χ0n) is 12.3. The predicted molar refractivity (Wildman–Crippen MR) is 81.1 cm³/mol. The van der Waals surface area contributed by atoms with Gasteiger partial charge in [-0.25, -0.2) is 9.50 Å². The molecule has 1 aliphatic rings. The van der Waals surface area contributed by atoms with Gasteiger partial charge in [-0.3, -0.25) is 0 Å². The Morgan fingerprint density at radius 3 is 2.85 bits per heavy atom. The predicted octanol–water partition coefficient (Wildman–Crippen LogP) is 2.09. The van der Waals surface area contributed by atoms with Gasteiger partial charge in [0, 0.05) is 31.4 Å². The van der Waals surface area contributed by atoms with Gasteiger partial charge in [0.15, 0.2) is 5.65 Å². The van der Waals surface area contributed by atoms with Crippen LogP contribution in [0.15, 0.2) is 24.5 Å². The van der Waals surface area contributed by atoms with Crippen molar-refractivity contribution in [3.05, 3.63) is 24.5 Å². The quantitative estimate of drug-likeness (QED) is 0.926. The van der Waals surface area contributed by atoms with Crippen LogP contribution in [0, 0.1) is 0 Å². The van der Waals surface area contributed by atoms with Crippen molar-refractivity contribution in [1.29, 1.82) is 0 Å². The molecule has 1 fully saturated rings. The van der Waals surface area contributed by atoms with Crippen LogP contribution in [-0.2, 0) is 0 Å². The Bertz CT molecular complexity index is 556. The molecule has 0 saturated heterocycles. The average molecular weight is 273 g/mol. The van der Waals surface area contributed by atoms with Gasteiger partial charge < -0.3 is 10.2 Å². The fraction of sp³-hybridized carbons (Fsp3) is 0.600. The van der Waals surface area contributed by atoms with Gasteiger partial charge in [-0.05, 0) is 38.3 Å². The van der Waals surface area contributed by atoms with Crippen LogP contribution in [-0.4, -0.2) is 40.3 Å². The molecule has 0 amide bonds. The molecule has 5 heteroatoms. The van der Waals surface area contributed by atoms with Gasteiger partial charge in [0.1, 0.15) is 5.82 Å². The van der Waals surface area contributed by atoms with Crippen molar-refractivity contribution in [1.82, 2.24) is 19.9 Å². The van der Waals surface area contributed by atoms with Crippen molar-refractivity contribution in [3.63, 3.8) is 0 Å². The molecule has 0 unspecified atom stereocenters. The summed E-state index contributed by atoms with van der Waals surface area (Å²) in [5.41, 5.74) is 0.913. The molecule has 0 atom stereocenters. The molecule has 108 valence electrons. The summed E-state index contributed by atoms with van der Waals surface area (Å²) < 4.78 is 1.80. The van der Waals surface area contributed by atoms with E-state index < -0.39 is 0 Å². The summed E-state index contributed by atoms with van der Waals surface area (Å²) in [6.45, 7) is 3.26. The Labute approximate surface area is 120 Å². The molecule has 1 saturated carbocycles. The molecule has 0 radical (unpaired) electrons. The van der Waals surface area contributed by atoms with Gasteiger partial charge in [0.25, 0.3) is 0 Å². The number of rotatable bonds is 4. The third-order valence-corrected chi connectivity index (χ3v) is 4.34. The molecule has 0 aliphatic heterocycles. The highest BCUT2D eigenvalue weighted by Gasteiger charge is 2.24. The van der Waals surface area contributed by atoms with Gasteiger partial charge in [-0.2, -0.15) is 5.10 Å². The summed E-state index contributed by atoms with van der Waals surface area (Å²) in [7, 11) is 2.16. The van der Waals surface area contributed by atoms with E-state index >= 15 is 0 Å². The van der Waals surface area contributed by atoms with Gasteiger partial charge in [-0.15, -0.1) is 0 Å². The second-order valence-corrected chi connectivity index (χ2v) is 5.59. The second-order valence-electron chi connectivity index (χ2n) is 5.59. The maximum Gasteiger partial charge on any atom is 0.157 e. The van der Waals surface area contributed by atoms with E-state index in [0.29, 0.717) is 12.1 Å². The zero-order valence-corrected chi connectivity index (χ0v) is 12.3. The molecule has 3 rings (SSSR count). The van der Waals surface area contributed by atoms with E-state index in [4.69, 9.17) is 0 Å². The summed E-state index contributed by atoms with van der Waals surface area (Å²) >= 11 is 0. The summed E-state index contributed by atoms with van der Waals surface area (Å²) in [6, 6.07) is 5.30. The smallest absolute Gasteiger partial charge is 0.157 e. The van der Waals surface area contributed by atoms with Crippen molar-refractivity contribution < 1.29 is 0 Å². The highest BCUT2D eigenvalue weighted by molar-refractivity contribution is 5.47. The lowest BCUT2D eigenvalue weighted by Gasteiger charge is -2.35. The van der Waals surface area contributed by atoms with E-state index in [1.54, 1.807) is 10.7 Å². The summed E-state index contributed by atoms with van der Waals surface area (Å²) in [5, 5.41) is 7.75. The normalized spacial score (nSPS) is 23.1. The van der Waals surface area contributed by atoms with Crippen LogP contribution in [0.5, 0.6) is 0 Å². The standard InChI is InChI=1S/C15H23N5/c1-3-16-12-4-6-13(7-5-12)19(2)14-9-11-20-15(18-14)8-10-17-20/h8-13,16H,3-7H2,1-2H3. The molecule has 1 N–H and O–H groups in total. The number of hydrogen-bond acceptors (Lipinski definition) is 4. The lowest BCUT2D eigenvalue weighted by Crippen LogP contribution is -2.41. The molecule has 5 nitrogen and oxygen atoms in total. The van der Waals surface area contributed by atoms with Crippen LogP contribution in [0.2, 0.25) is 0 Å². The minimum absolute atomic E-state index is 0.600. The average Bonchev–Trinajstić information content (AvgIpc) is 2.95. The molecule has 2 heterocycles. The maximum absolute atomic E-state index is 4.68. The largest absolute Gasteiger partial charge is 0.357 e. The topological polar surface area (TPSA) is 45.5 Å². The molecular formula is C15H23N5. The SMILES string of the molecule is CCNC1CCC(N(C)c2ccn3nccc3n2)CC1. The number of nitrogens with one attached hydrogen (secondary N) is 1. The number of nitrogens with zero attached hydrogens (tertiary/aromatic N) is 4. The van der Waals surface area contributed by atoms with E-state index in [2.05, 4.69) is 40.3 Å². The summed E-state index contributed by atoms with van der Waals surface area (Å²) in [6.07, 6.45) is 8.77. The number of hydrogen-bond donors (Lipinski definition) is 1. The van der Waals surface area contributed by atoms with Crippen molar-refractivity contribution in [2.24, 2.45) is 0 Å². The Morgan fingerprint density at radius 1 is 1.30 bits per heavy atom. The van der Waals surface area contributed by atoms with Gasteiger partial charge in [-0.1, -0.05) is 6.92 Å². The minimum atomic E-state index is 0.600. The third kappa shape index (κ3) is 2.63. The first-order chi connectivity index (χ1) is 9.78. The molecule has 2 aromatic rings. The van der Waals surface area contributed by atoms with E-state index in [9.17, 15) is 0 Å². The fourth-order valence-electron chi connectivity index (χ4n) is 3.14. The number of aromatic nitrogens is 3. The summed E-state index contributed by atoms with van der Waals surface area (Å²) in [5.74, 6) is 1.05. The highest BCUT2D eigenvalue weighted by atomic mass is 15.3. The first-order valence-electron chi connectivity index (χ1n) is 7.54. The van der Waals surface area contributed by atoms with Crippen LogP contribution in [0.4, 0.5) is 5.82 Å². The number of anilines is 1. The van der Waals surface area contributed by atoms with Crippen LogP contribution >= 0.6 is 0 Å². The Hall–Kier alpha value is -1.62. The Balaban J connectivity index is 1.68. The van der Waals surface area contributed by atoms with Crippen molar-refractivity contribution in [2.75, 3.05) is 18.5 Å². The Kier molecular flexibility index (Phi) is 3.87. The highest BCUT2D eigenvalue weighted by Crippen LogP contribution is 2.25. The molecule has 2 aromatic heterocycles. The first kappa shape index (κ1) is 13.4. The molecule has 0 bridgehead atoms. The first-order valence-corrected chi connectivity index (χ1v) is 7.54. The minimum Gasteiger partial charge on any atom is -0.357 e.